The summed E-state index contributed by atoms with van der Waals surface area (Å²) in [6.45, 7) is 0. The maximum Gasteiger partial charge on any atom is 0.423 e. The first-order valence-corrected chi connectivity index (χ1v) is 2.55. The zero-order valence-electron chi connectivity index (χ0n) is 4.88. The summed E-state index contributed by atoms with van der Waals surface area (Å²) >= 11 is 0. The lowest BCUT2D eigenvalue weighted by atomic mass is 10.3. The van der Waals surface area contributed by atoms with Gasteiger partial charge in [-0.15, -0.1) is 0 Å². The molecule has 0 atom stereocenters. The SMILES string of the molecule is N#[N+]c1cccc(F)c1F. The fraction of sp³-hybridized carbons (Fsp3) is 0. The molecule has 0 aromatic heterocycles. The Morgan fingerprint density at radius 1 is 1.30 bits per heavy atom. The third-order valence-corrected chi connectivity index (χ3v) is 1.04. The molecule has 0 unspecified atom stereocenters. The van der Waals surface area contributed by atoms with E-state index in [0.717, 1.165) is 6.07 Å². The average molecular weight is 141 g/mol. The highest BCUT2D eigenvalue weighted by Gasteiger charge is 2.16. The van der Waals surface area contributed by atoms with Gasteiger partial charge in [-0.2, -0.15) is 4.39 Å². The molecule has 1 rings (SSSR count). The zero-order valence-corrected chi connectivity index (χ0v) is 4.88. The highest BCUT2D eigenvalue weighted by molar-refractivity contribution is 5.44. The molecule has 1 aromatic carbocycles. The molecule has 50 valence electrons. The first kappa shape index (κ1) is 6.62. The fourth-order valence-electron chi connectivity index (χ4n) is 0.570. The lowest BCUT2D eigenvalue weighted by molar-refractivity contribution is 0.512. The minimum atomic E-state index is -1.13. The number of hydrogen-bond acceptors (Lipinski definition) is 1. The normalized spacial score (nSPS) is 8.90. The first-order chi connectivity index (χ1) is 4.75. The summed E-state index contributed by atoms with van der Waals surface area (Å²) < 4.78 is 24.6. The van der Waals surface area contributed by atoms with Gasteiger partial charge in [0, 0.05) is 6.07 Å². The second-order valence-electron chi connectivity index (χ2n) is 1.67. The minimum Gasteiger partial charge on any atom is -0.203 e. The van der Waals surface area contributed by atoms with Crippen molar-refractivity contribution in [2.24, 2.45) is 0 Å². The first-order valence-electron chi connectivity index (χ1n) is 2.55. The molecule has 0 heterocycles. The van der Waals surface area contributed by atoms with Crippen LogP contribution in [0.5, 0.6) is 0 Å². The van der Waals surface area contributed by atoms with E-state index in [4.69, 9.17) is 5.39 Å². The van der Waals surface area contributed by atoms with E-state index in [1.165, 1.54) is 12.1 Å². The van der Waals surface area contributed by atoms with Gasteiger partial charge in [0.1, 0.15) is 0 Å². The largest absolute Gasteiger partial charge is 0.423 e. The van der Waals surface area contributed by atoms with Crippen molar-refractivity contribution in [3.8, 4) is 0 Å². The molecule has 0 aliphatic carbocycles. The maximum absolute atomic E-state index is 12.4. The van der Waals surface area contributed by atoms with E-state index in [2.05, 4.69) is 4.98 Å². The summed E-state index contributed by atoms with van der Waals surface area (Å²) in [6.07, 6.45) is 0. The molecule has 1 aromatic rings. The Morgan fingerprint density at radius 2 is 2.00 bits per heavy atom. The van der Waals surface area contributed by atoms with Gasteiger partial charge in [0.2, 0.25) is 5.39 Å². The number of benzene rings is 1. The molecule has 0 aliphatic rings. The van der Waals surface area contributed by atoms with E-state index in [1.54, 1.807) is 0 Å². The van der Waals surface area contributed by atoms with Gasteiger partial charge in [0.25, 0.3) is 5.82 Å². The van der Waals surface area contributed by atoms with Gasteiger partial charge in [-0.25, -0.2) is 4.39 Å². The second-order valence-corrected chi connectivity index (χ2v) is 1.67. The lowest BCUT2D eigenvalue weighted by Gasteiger charge is -1.83. The Labute approximate surface area is 55.7 Å². The van der Waals surface area contributed by atoms with Crippen molar-refractivity contribution >= 4 is 5.69 Å². The molecule has 0 saturated carbocycles. The van der Waals surface area contributed by atoms with E-state index >= 15 is 0 Å². The monoisotopic (exact) mass is 141 g/mol. The van der Waals surface area contributed by atoms with E-state index < -0.39 is 11.6 Å². The van der Waals surface area contributed by atoms with Crippen molar-refractivity contribution in [3.63, 3.8) is 0 Å². The Morgan fingerprint density at radius 3 is 2.50 bits per heavy atom. The van der Waals surface area contributed by atoms with Crippen LogP contribution in [0.15, 0.2) is 18.2 Å². The average Bonchev–Trinajstić information content (AvgIpc) is 1.95. The van der Waals surface area contributed by atoms with Crippen LogP contribution in [0.25, 0.3) is 4.98 Å². The van der Waals surface area contributed by atoms with Crippen LogP contribution >= 0.6 is 0 Å². The van der Waals surface area contributed by atoms with E-state index in [-0.39, 0.29) is 5.69 Å². The predicted molar refractivity (Wildman–Crippen MR) is 31.1 cm³/mol. The van der Waals surface area contributed by atoms with Gasteiger partial charge in [-0.1, -0.05) is 6.07 Å². The predicted octanol–water partition coefficient (Wildman–Crippen LogP) is 2.45. The van der Waals surface area contributed by atoms with Gasteiger partial charge in [0.15, 0.2) is 10.8 Å². The summed E-state index contributed by atoms with van der Waals surface area (Å²) in [5, 5.41) is 8.06. The van der Waals surface area contributed by atoms with Crippen molar-refractivity contribution in [1.29, 1.82) is 5.39 Å². The van der Waals surface area contributed by atoms with Crippen LogP contribution in [-0.4, -0.2) is 0 Å². The molecule has 0 fully saturated rings. The van der Waals surface area contributed by atoms with Crippen LogP contribution in [0, 0.1) is 17.0 Å². The van der Waals surface area contributed by atoms with Crippen LogP contribution < -0.4 is 0 Å². The topological polar surface area (TPSA) is 28.1 Å². The molecule has 0 radical (unpaired) electrons. The van der Waals surface area contributed by atoms with E-state index in [9.17, 15) is 8.78 Å². The molecule has 0 saturated heterocycles. The van der Waals surface area contributed by atoms with Gasteiger partial charge in [-0.3, -0.25) is 0 Å². The van der Waals surface area contributed by atoms with Crippen molar-refractivity contribution in [2.45, 2.75) is 0 Å². The van der Waals surface area contributed by atoms with Crippen LogP contribution in [0.2, 0.25) is 0 Å². The van der Waals surface area contributed by atoms with Crippen LogP contribution in [0.4, 0.5) is 14.5 Å². The summed E-state index contributed by atoms with van der Waals surface area (Å²) in [6, 6.07) is 3.37. The molecule has 2 nitrogen and oxygen atoms in total. The molecule has 10 heavy (non-hydrogen) atoms. The van der Waals surface area contributed by atoms with Crippen LogP contribution in [0.3, 0.4) is 0 Å². The number of rotatable bonds is 0. The third-order valence-electron chi connectivity index (χ3n) is 1.04. The number of diazo groups is 1. The van der Waals surface area contributed by atoms with Gasteiger partial charge >= 0.3 is 5.69 Å². The standard InChI is InChI=1S/C6H3F2N2/c7-4-2-1-3-5(10-9)6(4)8/h1-3H/q+1. The smallest absolute Gasteiger partial charge is 0.203 e. The van der Waals surface area contributed by atoms with Crippen LogP contribution in [-0.2, 0) is 0 Å². The molecule has 0 N–H and O–H groups in total. The highest BCUT2D eigenvalue weighted by atomic mass is 19.2. The fourth-order valence-corrected chi connectivity index (χ4v) is 0.570. The number of nitrogens with zero attached hydrogens (tertiary/aromatic N) is 2. The van der Waals surface area contributed by atoms with Crippen molar-refractivity contribution in [1.82, 2.24) is 0 Å². The lowest BCUT2D eigenvalue weighted by Crippen LogP contribution is -1.80. The van der Waals surface area contributed by atoms with Crippen LogP contribution in [0.1, 0.15) is 0 Å². The number of halogens is 2. The Kier molecular flexibility index (Phi) is 1.59. The van der Waals surface area contributed by atoms with E-state index in [1.807, 2.05) is 0 Å². The molecule has 0 bridgehead atoms. The molecular formula is C6H3F2N2+. The van der Waals surface area contributed by atoms with Crippen molar-refractivity contribution < 1.29 is 8.78 Å². The van der Waals surface area contributed by atoms with Gasteiger partial charge in [0.05, 0.1) is 0 Å². The maximum atomic E-state index is 12.4. The molecular weight excluding hydrogens is 138 g/mol. The van der Waals surface area contributed by atoms with Crippen molar-refractivity contribution in [3.05, 3.63) is 34.8 Å². The molecule has 0 amide bonds. The Bertz CT molecular complexity index is 290. The number of hydrogen-bond donors (Lipinski definition) is 0. The molecule has 0 spiro atoms. The molecule has 0 aliphatic heterocycles. The van der Waals surface area contributed by atoms with Gasteiger partial charge in [-0.05, 0) is 6.07 Å². The molecule has 4 heteroatoms. The summed E-state index contributed by atoms with van der Waals surface area (Å²) in [5.74, 6) is -2.15. The summed E-state index contributed by atoms with van der Waals surface area (Å²) in [7, 11) is 0. The van der Waals surface area contributed by atoms with Crippen molar-refractivity contribution in [2.75, 3.05) is 0 Å². The van der Waals surface area contributed by atoms with E-state index in [0.29, 0.717) is 0 Å². The van der Waals surface area contributed by atoms with Gasteiger partial charge < -0.3 is 0 Å². The highest BCUT2D eigenvalue weighted by Crippen LogP contribution is 2.18. The third kappa shape index (κ3) is 0.935. The Hall–Kier alpha value is -1.50. The Balaban J connectivity index is 3.31. The minimum absolute atomic E-state index is 0.389. The zero-order chi connectivity index (χ0) is 7.56. The summed E-state index contributed by atoms with van der Waals surface area (Å²) in [5.41, 5.74) is -0.389. The second kappa shape index (κ2) is 2.40. The summed E-state index contributed by atoms with van der Waals surface area (Å²) in [4.78, 5) is 2.52. The quantitative estimate of drug-likeness (QED) is 0.510.